The maximum Gasteiger partial charge on any atom is 0.337 e. The molecule has 3 aromatic rings. The van der Waals surface area contributed by atoms with Crippen molar-refractivity contribution in [2.75, 3.05) is 19.0 Å². The van der Waals surface area contributed by atoms with Crippen LogP contribution in [0, 0.1) is 13.8 Å². The van der Waals surface area contributed by atoms with Crippen molar-refractivity contribution in [3.05, 3.63) is 46.1 Å². The molecular formula is C19H19ClN4O4. The van der Waals surface area contributed by atoms with Gasteiger partial charge in [-0.25, -0.2) is 14.5 Å². The van der Waals surface area contributed by atoms with Gasteiger partial charge < -0.3 is 14.8 Å². The number of nitrogens with one attached hydrogen (secondary N) is 1. The van der Waals surface area contributed by atoms with Crippen LogP contribution >= 0.6 is 11.6 Å². The number of esters is 1. The zero-order chi connectivity index (χ0) is 20.4. The molecule has 0 aliphatic heterocycles. The average molecular weight is 403 g/mol. The summed E-state index contributed by atoms with van der Waals surface area (Å²) >= 11 is 6.09. The Morgan fingerprint density at radius 2 is 2.00 bits per heavy atom. The monoisotopic (exact) mass is 402 g/mol. The van der Waals surface area contributed by atoms with Gasteiger partial charge in [-0.15, -0.1) is 5.10 Å². The van der Waals surface area contributed by atoms with E-state index < -0.39 is 11.9 Å². The molecule has 0 aliphatic rings. The van der Waals surface area contributed by atoms with Crippen molar-refractivity contribution >= 4 is 40.2 Å². The quantitative estimate of drug-likeness (QED) is 0.659. The van der Waals surface area contributed by atoms with Crippen LogP contribution in [0.15, 0.2) is 24.3 Å². The van der Waals surface area contributed by atoms with Crippen molar-refractivity contribution in [2.45, 2.75) is 13.8 Å². The van der Waals surface area contributed by atoms with Gasteiger partial charge in [0.25, 0.3) is 5.91 Å². The Kier molecular flexibility index (Phi) is 5.51. The van der Waals surface area contributed by atoms with E-state index in [9.17, 15) is 9.59 Å². The van der Waals surface area contributed by atoms with Gasteiger partial charge in [0.15, 0.2) is 12.3 Å². The van der Waals surface area contributed by atoms with Crippen molar-refractivity contribution in [2.24, 2.45) is 7.05 Å². The zero-order valence-electron chi connectivity index (χ0n) is 15.9. The first-order valence-electron chi connectivity index (χ1n) is 8.41. The molecule has 8 nitrogen and oxygen atoms in total. The third-order valence-electron chi connectivity index (χ3n) is 4.09. The average Bonchev–Trinajstić information content (AvgIpc) is 2.97. The topological polar surface area (TPSA) is 95.3 Å². The number of anilines is 1. The first-order chi connectivity index (χ1) is 13.3. The minimum Gasteiger partial charge on any atom is -0.466 e. The summed E-state index contributed by atoms with van der Waals surface area (Å²) in [6.45, 7) is 3.56. The Morgan fingerprint density at radius 1 is 1.25 bits per heavy atom. The number of hydrogen-bond donors (Lipinski definition) is 1. The van der Waals surface area contributed by atoms with Gasteiger partial charge in [-0.2, -0.15) is 0 Å². The number of ether oxygens (including phenoxy) is 2. The number of pyridine rings is 1. The predicted octanol–water partition coefficient (Wildman–Crippen LogP) is 3.04. The normalized spacial score (nSPS) is 10.8. The number of carbonyl (C=O) groups is 2. The molecule has 0 aliphatic carbocycles. The molecule has 0 spiro atoms. The minimum absolute atomic E-state index is 0.274. The fraction of sp³-hybridized carbons (Fsp3) is 0.263. The molecule has 1 aromatic carbocycles. The van der Waals surface area contributed by atoms with Gasteiger partial charge in [-0.1, -0.05) is 11.6 Å². The Labute approximate surface area is 166 Å². The molecule has 0 fully saturated rings. The molecule has 0 saturated heterocycles. The van der Waals surface area contributed by atoms with E-state index in [0.29, 0.717) is 16.5 Å². The number of rotatable bonds is 5. The number of fused-ring (bicyclic) bond motifs is 1. The van der Waals surface area contributed by atoms with Crippen LogP contribution in [-0.4, -0.2) is 40.4 Å². The molecule has 0 unspecified atom stereocenters. The number of amides is 1. The lowest BCUT2D eigenvalue weighted by atomic mass is 10.2. The summed E-state index contributed by atoms with van der Waals surface area (Å²) in [6, 6.07) is 6.39. The molecule has 9 heteroatoms. The third-order valence-corrected chi connectivity index (χ3v) is 4.42. The van der Waals surface area contributed by atoms with Crippen LogP contribution in [-0.2, 0) is 16.6 Å². The Morgan fingerprint density at radius 3 is 2.71 bits per heavy atom. The van der Waals surface area contributed by atoms with Crippen LogP contribution in [0.1, 0.15) is 21.6 Å². The van der Waals surface area contributed by atoms with Gasteiger partial charge in [0.1, 0.15) is 0 Å². The van der Waals surface area contributed by atoms with E-state index in [1.807, 2.05) is 19.9 Å². The Hall–Kier alpha value is -3.13. The van der Waals surface area contributed by atoms with Crippen LogP contribution in [0.2, 0.25) is 5.02 Å². The molecule has 0 saturated carbocycles. The highest BCUT2D eigenvalue weighted by Gasteiger charge is 2.16. The summed E-state index contributed by atoms with van der Waals surface area (Å²) < 4.78 is 11.9. The smallest absolute Gasteiger partial charge is 0.337 e. The van der Waals surface area contributed by atoms with E-state index in [2.05, 4.69) is 20.1 Å². The second-order valence-electron chi connectivity index (χ2n) is 6.23. The number of hydrogen-bond acceptors (Lipinski definition) is 6. The molecule has 2 heterocycles. The van der Waals surface area contributed by atoms with Crippen LogP contribution < -0.4 is 10.1 Å². The maximum atomic E-state index is 12.3. The Balaban J connectivity index is 1.75. The van der Waals surface area contributed by atoms with Crippen molar-refractivity contribution in [1.82, 2.24) is 14.8 Å². The second-order valence-corrected chi connectivity index (χ2v) is 6.64. The predicted molar refractivity (Wildman–Crippen MR) is 105 cm³/mol. The van der Waals surface area contributed by atoms with E-state index >= 15 is 0 Å². The van der Waals surface area contributed by atoms with Crippen molar-refractivity contribution in [3.63, 3.8) is 0 Å². The van der Waals surface area contributed by atoms with Gasteiger partial charge >= 0.3 is 5.97 Å². The standard InChI is InChI=1S/C19H19ClN4O4/c1-10-7-11(2)21-17-16(10)18(23-24(17)3)28-9-15(25)22-14-8-12(19(26)27-4)5-6-13(14)20/h5-8H,9H2,1-4H3,(H,22,25). The van der Waals surface area contributed by atoms with Crippen LogP contribution in [0.25, 0.3) is 11.0 Å². The number of carbonyl (C=O) groups excluding carboxylic acids is 2. The third kappa shape index (κ3) is 3.91. The van der Waals surface area contributed by atoms with Crippen molar-refractivity contribution < 1.29 is 19.1 Å². The molecule has 1 amide bonds. The first kappa shape index (κ1) is 19.6. The fourth-order valence-electron chi connectivity index (χ4n) is 2.84. The fourth-order valence-corrected chi connectivity index (χ4v) is 3.00. The molecule has 2 aromatic heterocycles. The molecule has 0 radical (unpaired) electrons. The van der Waals surface area contributed by atoms with Gasteiger partial charge in [-0.05, 0) is 43.7 Å². The molecular weight excluding hydrogens is 384 g/mol. The van der Waals surface area contributed by atoms with E-state index in [0.717, 1.165) is 16.6 Å². The summed E-state index contributed by atoms with van der Waals surface area (Å²) in [5.74, 6) is -0.644. The van der Waals surface area contributed by atoms with E-state index in [-0.39, 0.29) is 17.9 Å². The van der Waals surface area contributed by atoms with Gasteiger partial charge in [0, 0.05) is 12.7 Å². The lowest BCUT2D eigenvalue weighted by molar-refractivity contribution is -0.118. The maximum absolute atomic E-state index is 12.3. The highest BCUT2D eigenvalue weighted by Crippen LogP contribution is 2.27. The largest absolute Gasteiger partial charge is 0.466 e. The summed E-state index contributed by atoms with van der Waals surface area (Å²) in [5, 5.41) is 7.97. The molecule has 28 heavy (non-hydrogen) atoms. The minimum atomic E-state index is -0.526. The van der Waals surface area contributed by atoms with Crippen LogP contribution in [0.4, 0.5) is 5.69 Å². The zero-order valence-corrected chi connectivity index (χ0v) is 16.6. The van der Waals surface area contributed by atoms with E-state index in [1.165, 1.54) is 25.3 Å². The van der Waals surface area contributed by atoms with Gasteiger partial charge in [-0.3, -0.25) is 4.79 Å². The molecule has 146 valence electrons. The van der Waals surface area contributed by atoms with Gasteiger partial charge in [0.05, 0.1) is 28.8 Å². The van der Waals surface area contributed by atoms with Crippen LogP contribution in [0.3, 0.4) is 0 Å². The summed E-state index contributed by atoms with van der Waals surface area (Å²) in [4.78, 5) is 28.4. The summed E-state index contributed by atoms with van der Waals surface area (Å²) in [7, 11) is 3.04. The molecule has 3 rings (SSSR count). The van der Waals surface area contributed by atoms with Crippen LogP contribution in [0.5, 0.6) is 5.88 Å². The highest BCUT2D eigenvalue weighted by atomic mass is 35.5. The second kappa shape index (κ2) is 7.85. The van der Waals surface area contributed by atoms with Crippen molar-refractivity contribution in [3.8, 4) is 5.88 Å². The lowest BCUT2D eigenvalue weighted by Gasteiger charge is -2.09. The highest BCUT2D eigenvalue weighted by molar-refractivity contribution is 6.33. The number of benzene rings is 1. The summed E-state index contributed by atoms with van der Waals surface area (Å²) in [6.07, 6.45) is 0. The molecule has 1 N–H and O–H groups in total. The molecule has 0 bridgehead atoms. The summed E-state index contributed by atoms with van der Waals surface area (Å²) in [5.41, 5.74) is 3.08. The number of halogens is 1. The molecule has 0 atom stereocenters. The first-order valence-corrected chi connectivity index (χ1v) is 8.79. The number of aromatic nitrogens is 3. The van der Waals surface area contributed by atoms with E-state index in [4.69, 9.17) is 16.3 Å². The number of nitrogens with zero attached hydrogens (tertiary/aromatic N) is 3. The van der Waals surface area contributed by atoms with Crippen molar-refractivity contribution in [1.29, 1.82) is 0 Å². The Bertz CT molecular complexity index is 1080. The van der Waals surface area contributed by atoms with Gasteiger partial charge in [0.2, 0.25) is 5.88 Å². The lowest BCUT2D eigenvalue weighted by Crippen LogP contribution is -2.21. The number of aryl methyl sites for hydroxylation is 3. The SMILES string of the molecule is COC(=O)c1ccc(Cl)c(NC(=O)COc2nn(C)c3nc(C)cc(C)c23)c1. The number of methoxy groups -OCH3 is 1. The van der Waals surface area contributed by atoms with E-state index in [1.54, 1.807) is 11.7 Å².